The number of phenolic OH excluding ortho intramolecular Hbond substituents is 1. The highest BCUT2D eigenvalue weighted by Gasteiger charge is 2.22. The Kier molecular flexibility index (Phi) is 2.62. The zero-order chi connectivity index (χ0) is 9.97. The van der Waals surface area contributed by atoms with Crippen molar-refractivity contribution in [1.82, 2.24) is 0 Å². The smallest absolute Gasteiger partial charge is 0.119 e. The fourth-order valence-electron chi connectivity index (χ4n) is 1.98. The van der Waals surface area contributed by atoms with Crippen LogP contribution >= 0.6 is 0 Å². The summed E-state index contributed by atoms with van der Waals surface area (Å²) in [5, 5.41) is 9.10. The number of hydrogen-bond acceptors (Lipinski definition) is 2. The van der Waals surface area contributed by atoms with Gasteiger partial charge in [-0.25, -0.2) is 0 Å². The van der Waals surface area contributed by atoms with Crippen LogP contribution in [0, 0.1) is 5.92 Å². The van der Waals surface area contributed by atoms with Crippen LogP contribution in [0.3, 0.4) is 0 Å². The lowest BCUT2D eigenvalue weighted by molar-refractivity contribution is 0.205. The second kappa shape index (κ2) is 3.91. The number of phenols is 1. The van der Waals surface area contributed by atoms with E-state index in [1.165, 1.54) is 6.42 Å². The van der Waals surface area contributed by atoms with Crippen LogP contribution in [0.5, 0.6) is 11.5 Å². The second-order valence-corrected chi connectivity index (χ2v) is 4.15. The van der Waals surface area contributed by atoms with Gasteiger partial charge in [-0.15, -0.1) is 0 Å². The lowest BCUT2D eigenvalue weighted by atomic mass is 10.1. The average molecular weight is 192 g/mol. The highest BCUT2D eigenvalue weighted by molar-refractivity contribution is 5.30. The summed E-state index contributed by atoms with van der Waals surface area (Å²) >= 11 is 0. The minimum atomic E-state index is 0.289. The quantitative estimate of drug-likeness (QED) is 0.780. The van der Waals surface area contributed by atoms with Crippen molar-refractivity contribution < 1.29 is 9.84 Å². The van der Waals surface area contributed by atoms with E-state index in [1.807, 2.05) is 12.1 Å². The zero-order valence-electron chi connectivity index (χ0n) is 8.44. The summed E-state index contributed by atoms with van der Waals surface area (Å²) in [6.07, 6.45) is 3.95. The number of hydrogen-bond donors (Lipinski definition) is 1. The molecule has 0 amide bonds. The minimum absolute atomic E-state index is 0.289. The van der Waals surface area contributed by atoms with Crippen molar-refractivity contribution in [2.75, 3.05) is 0 Å². The van der Waals surface area contributed by atoms with E-state index < -0.39 is 0 Å². The Morgan fingerprint density at radius 3 is 2.50 bits per heavy atom. The lowest BCUT2D eigenvalue weighted by Gasteiger charge is -2.13. The number of benzene rings is 1. The molecule has 1 aromatic rings. The van der Waals surface area contributed by atoms with Crippen LogP contribution < -0.4 is 4.74 Å². The summed E-state index contributed by atoms with van der Waals surface area (Å²) < 4.78 is 5.79. The van der Waals surface area contributed by atoms with Crippen LogP contribution in [0.1, 0.15) is 26.2 Å². The third-order valence-corrected chi connectivity index (χ3v) is 2.79. The Labute approximate surface area is 84.5 Å². The molecule has 2 rings (SSSR count). The SMILES string of the molecule is CC1CCC(Oc2ccc(O)cc2)C1. The Bertz CT molecular complexity index is 292. The molecule has 76 valence electrons. The molecular weight excluding hydrogens is 176 g/mol. The molecule has 0 spiro atoms. The Morgan fingerprint density at radius 1 is 1.21 bits per heavy atom. The highest BCUT2D eigenvalue weighted by atomic mass is 16.5. The molecule has 1 aliphatic rings. The Hall–Kier alpha value is -1.18. The van der Waals surface area contributed by atoms with E-state index in [4.69, 9.17) is 9.84 Å². The molecule has 1 aliphatic carbocycles. The van der Waals surface area contributed by atoms with E-state index in [-0.39, 0.29) is 5.75 Å². The minimum Gasteiger partial charge on any atom is -0.508 e. The molecule has 1 fully saturated rings. The topological polar surface area (TPSA) is 29.5 Å². The van der Waals surface area contributed by atoms with E-state index in [2.05, 4.69) is 6.92 Å². The van der Waals surface area contributed by atoms with Crippen LogP contribution in [0.15, 0.2) is 24.3 Å². The summed E-state index contributed by atoms with van der Waals surface area (Å²) in [5.41, 5.74) is 0. The fourth-order valence-corrected chi connectivity index (χ4v) is 1.98. The molecule has 0 aliphatic heterocycles. The highest BCUT2D eigenvalue weighted by Crippen LogP contribution is 2.29. The number of rotatable bonds is 2. The van der Waals surface area contributed by atoms with Gasteiger partial charge in [0.1, 0.15) is 11.5 Å². The summed E-state index contributed by atoms with van der Waals surface area (Å²) in [5.74, 6) is 1.94. The monoisotopic (exact) mass is 192 g/mol. The van der Waals surface area contributed by atoms with Crippen molar-refractivity contribution in [2.45, 2.75) is 32.3 Å². The third-order valence-electron chi connectivity index (χ3n) is 2.79. The molecule has 0 saturated heterocycles. The van der Waals surface area contributed by atoms with Crippen molar-refractivity contribution in [3.8, 4) is 11.5 Å². The van der Waals surface area contributed by atoms with E-state index in [0.29, 0.717) is 6.10 Å². The maximum absolute atomic E-state index is 9.10. The molecule has 2 heteroatoms. The van der Waals surface area contributed by atoms with Gasteiger partial charge in [0.2, 0.25) is 0 Å². The van der Waals surface area contributed by atoms with Gasteiger partial charge in [0.15, 0.2) is 0 Å². The second-order valence-electron chi connectivity index (χ2n) is 4.15. The van der Waals surface area contributed by atoms with Gasteiger partial charge in [-0.3, -0.25) is 0 Å². The lowest BCUT2D eigenvalue weighted by Crippen LogP contribution is -2.11. The molecule has 14 heavy (non-hydrogen) atoms. The van der Waals surface area contributed by atoms with Crippen molar-refractivity contribution in [3.05, 3.63) is 24.3 Å². The summed E-state index contributed by atoms with van der Waals surface area (Å²) in [7, 11) is 0. The van der Waals surface area contributed by atoms with Gasteiger partial charge < -0.3 is 9.84 Å². The molecule has 2 unspecified atom stereocenters. The van der Waals surface area contributed by atoms with Crippen molar-refractivity contribution in [1.29, 1.82) is 0 Å². The average Bonchev–Trinajstić information content (AvgIpc) is 2.56. The molecule has 2 atom stereocenters. The summed E-state index contributed by atoms with van der Waals surface area (Å²) in [4.78, 5) is 0. The van der Waals surface area contributed by atoms with Gasteiger partial charge in [0.05, 0.1) is 6.10 Å². The van der Waals surface area contributed by atoms with E-state index >= 15 is 0 Å². The largest absolute Gasteiger partial charge is 0.508 e. The first-order valence-electron chi connectivity index (χ1n) is 5.20. The molecule has 0 aromatic heterocycles. The van der Waals surface area contributed by atoms with E-state index in [0.717, 1.165) is 24.5 Å². The predicted octanol–water partition coefficient (Wildman–Crippen LogP) is 2.96. The molecule has 1 N–H and O–H groups in total. The maximum Gasteiger partial charge on any atom is 0.119 e. The Morgan fingerprint density at radius 2 is 1.93 bits per heavy atom. The summed E-state index contributed by atoms with van der Waals surface area (Å²) in [6.45, 7) is 2.26. The van der Waals surface area contributed by atoms with Crippen LogP contribution in [0.4, 0.5) is 0 Å². The van der Waals surface area contributed by atoms with Crippen molar-refractivity contribution in [2.24, 2.45) is 5.92 Å². The van der Waals surface area contributed by atoms with Crippen molar-refractivity contribution >= 4 is 0 Å². The number of aromatic hydroxyl groups is 1. The third kappa shape index (κ3) is 2.19. The first-order chi connectivity index (χ1) is 6.74. The molecule has 0 heterocycles. The fraction of sp³-hybridized carbons (Fsp3) is 0.500. The van der Waals surface area contributed by atoms with Crippen LogP contribution in [-0.4, -0.2) is 11.2 Å². The van der Waals surface area contributed by atoms with Gasteiger partial charge in [-0.05, 0) is 49.4 Å². The number of ether oxygens (including phenoxy) is 1. The van der Waals surface area contributed by atoms with E-state index in [1.54, 1.807) is 12.1 Å². The molecule has 1 aromatic carbocycles. The van der Waals surface area contributed by atoms with Gasteiger partial charge >= 0.3 is 0 Å². The Balaban J connectivity index is 1.94. The normalized spacial score (nSPS) is 26.4. The van der Waals surface area contributed by atoms with Crippen molar-refractivity contribution in [3.63, 3.8) is 0 Å². The first-order valence-corrected chi connectivity index (χ1v) is 5.20. The van der Waals surface area contributed by atoms with Gasteiger partial charge in [-0.2, -0.15) is 0 Å². The summed E-state index contributed by atoms with van der Waals surface area (Å²) in [6, 6.07) is 6.96. The van der Waals surface area contributed by atoms with Crippen LogP contribution in [-0.2, 0) is 0 Å². The molecular formula is C12H16O2. The maximum atomic E-state index is 9.10. The zero-order valence-corrected chi connectivity index (χ0v) is 8.44. The standard InChI is InChI=1S/C12H16O2/c1-9-2-5-12(8-9)14-11-6-3-10(13)4-7-11/h3-4,6-7,9,12-13H,2,5,8H2,1H3. The van der Waals surface area contributed by atoms with Gasteiger partial charge in [-0.1, -0.05) is 6.92 Å². The molecule has 2 nitrogen and oxygen atoms in total. The molecule has 0 radical (unpaired) electrons. The van der Waals surface area contributed by atoms with E-state index in [9.17, 15) is 0 Å². The van der Waals surface area contributed by atoms with Gasteiger partial charge in [0.25, 0.3) is 0 Å². The van der Waals surface area contributed by atoms with Crippen LogP contribution in [0.25, 0.3) is 0 Å². The molecule has 0 bridgehead atoms. The predicted molar refractivity (Wildman–Crippen MR) is 55.5 cm³/mol. The molecule has 1 saturated carbocycles. The van der Waals surface area contributed by atoms with Gasteiger partial charge in [0, 0.05) is 0 Å². The van der Waals surface area contributed by atoms with Crippen LogP contribution in [0.2, 0.25) is 0 Å². The first kappa shape index (κ1) is 9.38.